The van der Waals surface area contributed by atoms with Crippen molar-refractivity contribution in [2.75, 3.05) is 0 Å². The van der Waals surface area contributed by atoms with E-state index in [0.29, 0.717) is 0 Å². The number of terminal acetylenes is 1. The Hall–Kier alpha value is -0.820. The molecule has 0 aliphatic carbocycles. The Morgan fingerprint density at radius 3 is 2.80 bits per heavy atom. The third kappa shape index (κ3) is 3.35. The fourth-order valence-electron chi connectivity index (χ4n) is 1.49. The minimum absolute atomic E-state index is 0.246. The molecule has 1 unspecified atom stereocenters. The lowest BCUT2D eigenvalue weighted by Gasteiger charge is -2.12. The average molecular weight is 222 g/mol. The van der Waals surface area contributed by atoms with E-state index in [4.69, 9.17) is 12.3 Å². The molecule has 0 amide bonds. The molecule has 1 aromatic heterocycles. The Kier molecular flexibility index (Phi) is 4.83. The molecule has 2 nitrogen and oxygen atoms in total. The highest BCUT2D eigenvalue weighted by molar-refractivity contribution is 7.12. The van der Waals surface area contributed by atoms with Crippen LogP contribution in [0.4, 0.5) is 0 Å². The van der Waals surface area contributed by atoms with Gasteiger partial charge in [-0.15, -0.1) is 23.7 Å². The van der Waals surface area contributed by atoms with Gasteiger partial charge >= 0.3 is 0 Å². The maximum absolute atomic E-state index is 5.55. The van der Waals surface area contributed by atoms with Gasteiger partial charge in [-0.25, -0.2) is 0 Å². The predicted molar refractivity (Wildman–Crippen MR) is 66.5 cm³/mol. The minimum atomic E-state index is 0.246. The molecule has 3 heteroatoms. The molecule has 0 saturated carbocycles. The summed E-state index contributed by atoms with van der Waals surface area (Å²) >= 11 is 1.81. The zero-order chi connectivity index (χ0) is 11.3. The molecule has 15 heavy (non-hydrogen) atoms. The summed E-state index contributed by atoms with van der Waals surface area (Å²) in [5, 5.41) is 0. The monoisotopic (exact) mass is 222 g/mol. The van der Waals surface area contributed by atoms with E-state index in [1.165, 1.54) is 15.3 Å². The SMILES string of the molecule is C#CCCCC(NN)c1cc(C)c(C)s1. The first kappa shape index (κ1) is 12.3. The van der Waals surface area contributed by atoms with Gasteiger partial charge in [-0.05, 0) is 38.3 Å². The van der Waals surface area contributed by atoms with Gasteiger partial charge in [0.15, 0.2) is 0 Å². The molecule has 0 radical (unpaired) electrons. The third-order valence-corrected chi connectivity index (χ3v) is 3.81. The van der Waals surface area contributed by atoms with Crippen molar-refractivity contribution in [3.63, 3.8) is 0 Å². The van der Waals surface area contributed by atoms with Crippen molar-refractivity contribution in [3.8, 4) is 12.3 Å². The van der Waals surface area contributed by atoms with Gasteiger partial charge in [-0.1, -0.05) is 0 Å². The van der Waals surface area contributed by atoms with Crippen LogP contribution in [-0.4, -0.2) is 0 Å². The van der Waals surface area contributed by atoms with Gasteiger partial charge in [0.1, 0.15) is 0 Å². The van der Waals surface area contributed by atoms with E-state index in [-0.39, 0.29) is 6.04 Å². The Morgan fingerprint density at radius 2 is 2.33 bits per heavy atom. The van der Waals surface area contributed by atoms with Crippen molar-refractivity contribution in [2.45, 2.75) is 39.2 Å². The van der Waals surface area contributed by atoms with Crippen molar-refractivity contribution in [1.29, 1.82) is 0 Å². The smallest absolute Gasteiger partial charge is 0.0553 e. The number of hydrogen-bond acceptors (Lipinski definition) is 3. The van der Waals surface area contributed by atoms with Crippen LogP contribution in [0.25, 0.3) is 0 Å². The molecule has 1 atom stereocenters. The van der Waals surface area contributed by atoms with E-state index in [0.717, 1.165) is 19.3 Å². The second kappa shape index (κ2) is 5.92. The van der Waals surface area contributed by atoms with E-state index in [9.17, 15) is 0 Å². The predicted octanol–water partition coefficient (Wildman–Crippen LogP) is 2.67. The van der Waals surface area contributed by atoms with E-state index >= 15 is 0 Å². The van der Waals surface area contributed by atoms with Crippen LogP contribution in [0.2, 0.25) is 0 Å². The van der Waals surface area contributed by atoms with Crippen LogP contribution < -0.4 is 11.3 Å². The summed E-state index contributed by atoms with van der Waals surface area (Å²) in [5.41, 5.74) is 4.20. The summed E-state index contributed by atoms with van der Waals surface area (Å²) in [7, 11) is 0. The number of aryl methyl sites for hydroxylation is 2. The van der Waals surface area contributed by atoms with Crippen molar-refractivity contribution in [3.05, 3.63) is 21.4 Å². The third-order valence-electron chi connectivity index (χ3n) is 2.54. The molecule has 1 rings (SSSR count). The van der Waals surface area contributed by atoms with Crippen LogP contribution in [0.1, 0.15) is 40.6 Å². The van der Waals surface area contributed by atoms with Gasteiger partial charge in [0.05, 0.1) is 6.04 Å². The summed E-state index contributed by atoms with van der Waals surface area (Å²) in [4.78, 5) is 2.67. The van der Waals surface area contributed by atoms with Crippen LogP contribution in [0.5, 0.6) is 0 Å². The summed E-state index contributed by atoms with van der Waals surface area (Å²) in [6, 6.07) is 2.45. The van der Waals surface area contributed by atoms with Crippen molar-refractivity contribution >= 4 is 11.3 Å². The first-order valence-electron chi connectivity index (χ1n) is 5.15. The van der Waals surface area contributed by atoms with E-state index in [1.54, 1.807) is 0 Å². The van der Waals surface area contributed by atoms with Crippen LogP contribution >= 0.6 is 11.3 Å². The Bertz CT molecular complexity index is 329. The van der Waals surface area contributed by atoms with Gasteiger partial charge in [0, 0.05) is 16.2 Å². The van der Waals surface area contributed by atoms with E-state index in [2.05, 4.69) is 31.3 Å². The average Bonchev–Trinajstić information content (AvgIpc) is 2.54. The van der Waals surface area contributed by atoms with E-state index < -0.39 is 0 Å². The van der Waals surface area contributed by atoms with Gasteiger partial charge in [-0.2, -0.15) is 0 Å². The number of hydrazine groups is 1. The number of thiophene rings is 1. The highest BCUT2D eigenvalue weighted by atomic mass is 32.1. The highest BCUT2D eigenvalue weighted by Crippen LogP contribution is 2.28. The van der Waals surface area contributed by atoms with Gasteiger partial charge in [-0.3, -0.25) is 11.3 Å². The number of nitrogens with one attached hydrogen (secondary N) is 1. The molecule has 3 N–H and O–H groups in total. The number of hydrogen-bond donors (Lipinski definition) is 2. The lowest BCUT2D eigenvalue weighted by molar-refractivity contribution is 0.509. The lowest BCUT2D eigenvalue weighted by atomic mass is 10.1. The first-order valence-corrected chi connectivity index (χ1v) is 5.97. The molecule has 1 heterocycles. The number of nitrogens with two attached hydrogens (primary N) is 1. The van der Waals surface area contributed by atoms with Crippen molar-refractivity contribution in [1.82, 2.24) is 5.43 Å². The fourth-order valence-corrected chi connectivity index (χ4v) is 2.63. The number of unbranched alkanes of at least 4 members (excludes halogenated alkanes) is 1. The molecule has 0 bridgehead atoms. The second-order valence-electron chi connectivity index (χ2n) is 3.70. The van der Waals surface area contributed by atoms with Crippen molar-refractivity contribution in [2.24, 2.45) is 5.84 Å². The standard InChI is InChI=1S/C12H18N2S/c1-4-5-6-7-11(14-13)12-8-9(2)10(3)15-12/h1,8,11,14H,5-7,13H2,2-3H3. The molecule has 0 fully saturated rings. The largest absolute Gasteiger partial charge is 0.271 e. The topological polar surface area (TPSA) is 38.0 Å². The van der Waals surface area contributed by atoms with E-state index in [1.807, 2.05) is 11.3 Å². The van der Waals surface area contributed by atoms with Gasteiger partial charge in [0.25, 0.3) is 0 Å². The first-order chi connectivity index (χ1) is 7.19. The molecule has 0 saturated heterocycles. The molecule has 0 aliphatic heterocycles. The lowest BCUT2D eigenvalue weighted by Crippen LogP contribution is -2.27. The molecule has 0 aromatic carbocycles. The molecule has 0 aliphatic rings. The van der Waals surface area contributed by atoms with Crippen LogP contribution in [0.15, 0.2) is 6.07 Å². The molecule has 82 valence electrons. The molecular formula is C12H18N2S. The summed E-state index contributed by atoms with van der Waals surface area (Å²) < 4.78 is 0. The Morgan fingerprint density at radius 1 is 1.60 bits per heavy atom. The fraction of sp³-hybridized carbons (Fsp3) is 0.500. The molecule has 0 spiro atoms. The van der Waals surface area contributed by atoms with Gasteiger partial charge in [0.2, 0.25) is 0 Å². The Balaban J connectivity index is 2.62. The number of rotatable bonds is 5. The van der Waals surface area contributed by atoms with Crippen LogP contribution in [-0.2, 0) is 0 Å². The normalized spacial score (nSPS) is 12.4. The van der Waals surface area contributed by atoms with Gasteiger partial charge < -0.3 is 0 Å². The minimum Gasteiger partial charge on any atom is -0.271 e. The quantitative estimate of drug-likeness (QED) is 0.348. The zero-order valence-corrected chi connectivity index (χ0v) is 10.2. The maximum atomic E-state index is 5.55. The summed E-state index contributed by atoms with van der Waals surface area (Å²) in [5.74, 6) is 8.20. The highest BCUT2D eigenvalue weighted by Gasteiger charge is 2.12. The second-order valence-corrected chi connectivity index (χ2v) is 4.99. The van der Waals surface area contributed by atoms with Crippen LogP contribution in [0.3, 0.4) is 0 Å². The Labute approximate surface area is 95.9 Å². The van der Waals surface area contributed by atoms with Crippen LogP contribution in [0, 0.1) is 26.2 Å². The molecular weight excluding hydrogens is 204 g/mol. The molecule has 1 aromatic rings. The summed E-state index contributed by atoms with van der Waals surface area (Å²) in [6.07, 6.45) is 8.06. The maximum Gasteiger partial charge on any atom is 0.0553 e. The van der Waals surface area contributed by atoms with Crippen molar-refractivity contribution < 1.29 is 0 Å². The zero-order valence-electron chi connectivity index (χ0n) is 9.34. The summed E-state index contributed by atoms with van der Waals surface area (Å²) in [6.45, 7) is 4.27.